The summed E-state index contributed by atoms with van der Waals surface area (Å²) in [6.45, 7) is 4.11. The van der Waals surface area contributed by atoms with E-state index < -0.39 is 0 Å². The molecular weight excluding hydrogens is 174 g/mol. The average Bonchev–Trinajstić information content (AvgIpc) is 2.09. The molecule has 0 aromatic heterocycles. The largest absolute Gasteiger partial charge is 0.508 e. The Morgan fingerprint density at radius 3 is 2.21 bits per heavy atom. The van der Waals surface area contributed by atoms with E-state index in [-0.39, 0.29) is 14.9 Å². The second-order valence-electron chi connectivity index (χ2n) is 2.77. The van der Waals surface area contributed by atoms with Gasteiger partial charge in [0.05, 0.1) is 0 Å². The number of phenols is 1. The van der Waals surface area contributed by atoms with Crippen molar-refractivity contribution in [3.63, 3.8) is 0 Å². The third-order valence-corrected chi connectivity index (χ3v) is 1.78. The molecule has 0 radical (unpaired) electrons. The third kappa shape index (κ3) is 5.60. The summed E-state index contributed by atoms with van der Waals surface area (Å²) < 4.78 is 0. The average molecular weight is 197 g/mol. The van der Waals surface area contributed by atoms with Gasteiger partial charge >= 0.3 is 0 Å². The van der Waals surface area contributed by atoms with Crippen LogP contribution in [0.5, 0.6) is 5.75 Å². The molecule has 0 bridgehead atoms. The van der Waals surface area contributed by atoms with Crippen LogP contribution in [0.3, 0.4) is 0 Å². The Hall–Kier alpha value is -1.02. The molecule has 0 aliphatic rings. The van der Waals surface area contributed by atoms with E-state index in [4.69, 9.17) is 5.11 Å². The van der Waals surface area contributed by atoms with Gasteiger partial charge in [0, 0.05) is 0 Å². The normalized spacial score (nSPS) is 8.64. The first-order valence-electron chi connectivity index (χ1n) is 4.31. The maximum atomic E-state index is 9.01. The molecule has 1 aromatic carbocycles. The highest BCUT2D eigenvalue weighted by Crippen LogP contribution is 2.09. The van der Waals surface area contributed by atoms with Crippen molar-refractivity contribution in [2.45, 2.75) is 28.2 Å². The molecule has 0 unspecified atom stereocenters. The van der Waals surface area contributed by atoms with Crippen LogP contribution in [0.1, 0.15) is 27.3 Å². The zero-order valence-corrected chi connectivity index (χ0v) is 7.38. The molecule has 0 aliphatic carbocycles. The predicted molar refractivity (Wildman–Crippen MR) is 63.8 cm³/mol. The van der Waals surface area contributed by atoms with E-state index in [1.165, 1.54) is 5.56 Å². The van der Waals surface area contributed by atoms with Gasteiger partial charge in [0.2, 0.25) is 0 Å². The van der Waals surface area contributed by atoms with Gasteiger partial charge < -0.3 is 10.4 Å². The number of nitrogens with one attached hydrogen (secondary N) is 1. The lowest BCUT2D eigenvalue weighted by Gasteiger charge is -2.01. The van der Waals surface area contributed by atoms with Crippen molar-refractivity contribution in [3.05, 3.63) is 29.8 Å². The van der Waals surface area contributed by atoms with E-state index in [1.54, 1.807) is 12.1 Å². The SMILES string of the molecule is C.C.CCNCCc1ccc(O)cc1. The molecular formula is C12H23NO. The molecule has 82 valence electrons. The maximum absolute atomic E-state index is 9.01. The number of likely N-dealkylation sites (N-methyl/N-ethyl adjacent to an activating group) is 1. The number of phenolic OH excluding ortho intramolecular Hbond substituents is 1. The minimum atomic E-state index is 0. The smallest absolute Gasteiger partial charge is 0.115 e. The molecule has 2 heteroatoms. The highest BCUT2D eigenvalue weighted by molar-refractivity contribution is 5.25. The predicted octanol–water partition coefficient (Wildman–Crippen LogP) is 2.82. The third-order valence-electron chi connectivity index (χ3n) is 1.78. The van der Waals surface area contributed by atoms with Crippen LogP contribution in [-0.4, -0.2) is 18.2 Å². The van der Waals surface area contributed by atoms with E-state index in [1.807, 2.05) is 12.1 Å². The van der Waals surface area contributed by atoms with Crippen LogP contribution < -0.4 is 5.32 Å². The Labute approximate surface area is 88.0 Å². The Morgan fingerprint density at radius 1 is 1.14 bits per heavy atom. The summed E-state index contributed by atoms with van der Waals surface area (Å²) >= 11 is 0. The van der Waals surface area contributed by atoms with Crippen LogP contribution in [0.15, 0.2) is 24.3 Å². The van der Waals surface area contributed by atoms with E-state index in [0.29, 0.717) is 5.75 Å². The summed E-state index contributed by atoms with van der Waals surface area (Å²) in [5.41, 5.74) is 1.26. The van der Waals surface area contributed by atoms with Crippen LogP contribution in [0.25, 0.3) is 0 Å². The lowest BCUT2D eigenvalue weighted by atomic mass is 10.1. The molecule has 14 heavy (non-hydrogen) atoms. The molecule has 0 heterocycles. The summed E-state index contributed by atoms with van der Waals surface area (Å²) in [5, 5.41) is 12.3. The first-order chi connectivity index (χ1) is 5.83. The van der Waals surface area contributed by atoms with Crippen molar-refractivity contribution in [1.29, 1.82) is 0 Å². The van der Waals surface area contributed by atoms with Crippen LogP contribution in [-0.2, 0) is 6.42 Å². The first kappa shape index (κ1) is 15.5. The minimum Gasteiger partial charge on any atom is -0.508 e. The van der Waals surface area contributed by atoms with Gasteiger partial charge in [-0.05, 0) is 37.2 Å². The van der Waals surface area contributed by atoms with Gasteiger partial charge in [0.25, 0.3) is 0 Å². The van der Waals surface area contributed by atoms with Gasteiger partial charge in [-0.2, -0.15) is 0 Å². The molecule has 1 aromatic rings. The van der Waals surface area contributed by atoms with Crippen molar-refractivity contribution in [1.82, 2.24) is 5.32 Å². The summed E-state index contributed by atoms with van der Waals surface area (Å²) in [6, 6.07) is 7.35. The highest BCUT2D eigenvalue weighted by atomic mass is 16.3. The van der Waals surface area contributed by atoms with Crippen molar-refractivity contribution < 1.29 is 5.11 Å². The fraction of sp³-hybridized carbons (Fsp3) is 0.500. The Kier molecular flexibility index (Phi) is 9.46. The van der Waals surface area contributed by atoms with E-state index in [0.717, 1.165) is 19.5 Å². The number of rotatable bonds is 4. The minimum absolute atomic E-state index is 0. The molecule has 0 saturated carbocycles. The summed E-state index contributed by atoms with van der Waals surface area (Å²) in [6.07, 6.45) is 1.02. The Bertz CT molecular complexity index is 218. The van der Waals surface area contributed by atoms with Gasteiger partial charge in [0.15, 0.2) is 0 Å². The molecule has 1 rings (SSSR count). The van der Waals surface area contributed by atoms with Crippen molar-refractivity contribution in [2.75, 3.05) is 13.1 Å². The summed E-state index contributed by atoms with van der Waals surface area (Å²) in [4.78, 5) is 0. The topological polar surface area (TPSA) is 32.3 Å². The number of aromatic hydroxyl groups is 1. The van der Waals surface area contributed by atoms with Crippen molar-refractivity contribution in [3.8, 4) is 5.75 Å². The molecule has 0 saturated heterocycles. The van der Waals surface area contributed by atoms with Crippen molar-refractivity contribution in [2.24, 2.45) is 0 Å². The fourth-order valence-electron chi connectivity index (χ4n) is 1.07. The number of hydrogen-bond donors (Lipinski definition) is 2. The fourth-order valence-corrected chi connectivity index (χ4v) is 1.07. The Balaban J connectivity index is 0. The Morgan fingerprint density at radius 2 is 1.71 bits per heavy atom. The molecule has 0 fully saturated rings. The zero-order valence-electron chi connectivity index (χ0n) is 7.38. The van der Waals surface area contributed by atoms with Crippen LogP contribution >= 0.6 is 0 Å². The molecule has 0 atom stereocenters. The lowest BCUT2D eigenvalue weighted by Crippen LogP contribution is -2.15. The van der Waals surface area contributed by atoms with Crippen LogP contribution in [0.4, 0.5) is 0 Å². The quantitative estimate of drug-likeness (QED) is 0.727. The highest BCUT2D eigenvalue weighted by Gasteiger charge is 1.91. The van der Waals surface area contributed by atoms with Crippen LogP contribution in [0.2, 0.25) is 0 Å². The lowest BCUT2D eigenvalue weighted by molar-refractivity contribution is 0.475. The summed E-state index contributed by atoms with van der Waals surface area (Å²) in [7, 11) is 0. The van der Waals surface area contributed by atoms with E-state index in [9.17, 15) is 0 Å². The standard InChI is InChI=1S/C10H15NO.2CH4/c1-2-11-8-7-9-3-5-10(12)6-4-9;;/h3-6,11-12H,2,7-8H2,1H3;2*1H4. The molecule has 2 nitrogen and oxygen atoms in total. The number of benzene rings is 1. The van der Waals surface area contributed by atoms with Gasteiger partial charge in [0.1, 0.15) is 5.75 Å². The van der Waals surface area contributed by atoms with E-state index >= 15 is 0 Å². The molecule has 0 spiro atoms. The monoisotopic (exact) mass is 197 g/mol. The first-order valence-corrected chi connectivity index (χ1v) is 4.31. The summed E-state index contributed by atoms with van der Waals surface area (Å²) in [5.74, 6) is 0.335. The van der Waals surface area contributed by atoms with E-state index in [2.05, 4.69) is 12.2 Å². The molecule has 2 N–H and O–H groups in total. The molecule has 0 aliphatic heterocycles. The second-order valence-corrected chi connectivity index (χ2v) is 2.77. The second kappa shape index (κ2) is 8.57. The van der Waals surface area contributed by atoms with Gasteiger partial charge in [-0.3, -0.25) is 0 Å². The zero-order chi connectivity index (χ0) is 8.81. The number of hydrogen-bond acceptors (Lipinski definition) is 2. The maximum Gasteiger partial charge on any atom is 0.115 e. The molecule has 0 amide bonds. The van der Waals surface area contributed by atoms with Crippen LogP contribution in [0, 0.1) is 0 Å². The van der Waals surface area contributed by atoms with Gasteiger partial charge in [-0.25, -0.2) is 0 Å². The van der Waals surface area contributed by atoms with Crippen molar-refractivity contribution >= 4 is 0 Å². The van der Waals surface area contributed by atoms with Gasteiger partial charge in [-0.1, -0.05) is 33.9 Å². The van der Waals surface area contributed by atoms with Gasteiger partial charge in [-0.15, -0.1) is 0 Å².